The Kier molecular flexibility index (Phi) is 6.20. The quantitative estimate of drug-likeness (QED) is 0.209. The number of Topliss-reactive ketones (excluding diaryl/α,β-unsaturated/α-hetero) is 1. The van der Waals surface area contributed by atoms with Crippen LogP contribution in [0.25, 0.3) is 16.0 Å². The summed E-state index contributed by atoms with van der Waals surface area (Å²) in [7, 11) is 1.55. The topological polar surface area (TPSA) is 89.0 Å². The average molecular weight is 501 g/mol. The average Bonchev–Trinajstić information content (AvgIpc) is 3.42. The van der Waals surface area contributed by atoms with E-state index < -0.39 is 17.7 Å². The lowest BCUT2D eigenvalue weighted by atomic mass is 9.95. The van der Waals surface area contributed by atoms with Gasteiger partial charge in [0.15, 0.2) is 5.13 Å². The summed E-state index contributed by atoms with van der Waals surface area (Å²) in [5.41, 5.74) is 2.88. The number of amides is 1. The Morgan fingerprint density at radius 3 is 2.39 bits per heavy atom. The van der Waals surface area contributed by atoms with Crippen molar-refractivity contribution in [2.45, 2.75) is 19.9 Å². The van der Waals surface area contributed by atoms with Crippen LogP contribution in [0.15, 0.2) is 72.3 Å². The molecule has 2 heterocycles. The number of aromatic nitrogens is 1. The molecule has 4 aromatic rings. The molecule has 1 N–H and O–H groups in total. The zero-order valence-electron chi connectivity index (χ0n) is 20.0. The number of ketones is 1. The molecule has 3 aromatic carbocycles. The van der Waals surface area contributed by atoms with Crippen LogP contribution >= 0.6 is 11.3 Å². The second-order valence-electron chi connectivity index (χ2n) is 8.37. The molecule has 1 fully saturated rings. The van der Waals surface area contributed by atoms with Gasteiger partial charge in [0.2, 0.25) is 0 Å². The van der Waals surface area contributed by atoms with Crippen molar-refractivity contribution in [3.63, 3.8) is 0 Å². The lowest BCUT2D eigenvalue weighted by molar-refractivity contribution is -0.132. The lowest BCUT2D eigenvalue weighted by Gasteiger charge is -2.23. The normalized spacial score (nSPS) is 17.1. The van der Waals surface area contributed by atoms with E-state index in [1.54, 1.807) is 55.6 Å². The molecule has 0 bridgehead atoms. The maximum atomic E-state index is 13.4. The highest BCUT2D eigenvalue weighted by molar-refractivity contribution is 7.22. The molecule has 0 unspecified atom stereocenters. The molecule has 182 valence electrons. The maximum absolute atomic E-state index is 13.4. The molecule has 1 aliphatic heterocycles. The van der Waals surface area contributed by atoms with Gasteiger partial charge in [0.05, 0.1) is 35.5 Å². The van der Waals surface area contributed by atoms with Gasteiger partial charge in [-0.2, -0.15) is 0 Å². The van der Waals surface area contributed by atoms with Crippen LogP contribution in [0.2, 0.25) is 0 Å². The van der Waals surface area contributed by atoms with Crippen molar-refractivity contribution in [1.29, 1.82) is 0 Å². The van der Waals surface area contributed by atoms with Crippen LogP contribution in [-0.2, 0) is 9.59 Å². The summed E-state index contributed by atoms with van der Waals surface area (Å²) in [6.45, 7) is 4.40. The van der Waals surface area contributed by atoms with Gasteiger partial charge < -0.3 is 14.6 Å². The number of hydrogen-bond acceptors (Lipinski definition) is 7. The molecule has 36 heavy (non-hydrogen) atoms. The zero-order chi connectivity index (χ0) is 25.4. The SMILES string of the molecule is CCOc1ccc([C@@H]2/C(=C(\O)c3ccc(OC)cc3)C(=O)C(=O)N2c2nc3ccc(C)cc3s2)cc1. The summed E-state index contributed by atoms with van der Waals surface area (Å²) < 4.78 is 11.7. The highest BCUT2D eigenvalue weighted by Gasteiger charge is 2.48. The lowest BCUT2D eigenvalue weighted by Crippen LogP contribution is -2.29. The number of ether oxygens (including phenoxy) is 2. The number of aryl methyl sites for hydroxylation is 1. The third-order valence-electron chi connectivity index (χ3n) is 6.05. The smallest absolute Gasteiger partial charge is 0.301 e. The number of nitrogens with zero attached hydrogens (tertiary/aromatic N) is 2. The minimum absolute atomic E-state index is 0.00441. The third kappa shape index (κ3) is 4.09. The first-order valence-electron chi connectivity index (χ1n) is 11.5. The molecule has 5 rings (SSSR count). The van der Waals surface area contributed by atoms with Gasteiger partial charge in [-0.15, -0.1) is 0 Å². The van der Waals surface area contributed by atoms with Crippen molar-refractivity contribution in [2.75, 3.05) is 18.6 Å². The van der Waals surface area contributed by atoms with Gasteiger partial charge in [-0.05, 0) is 73.5 Å². The first kappa shape index (κ1) is 23.6. The van der Waals surface area contributed by atoms with Gasteiger partial charge in [0.1, 0.15) is 17.3 Å². The number of rotatable bonds is 6. The van der Waals surface area contributed by atoms with Crippen molar-refractivity contribution < 1.29 is 24.2 Å². The molecular formula is C28H24N2O5S. The minimum atomic E-state index is -0.857. The Bertz CT molecular complexity index is 1490. The number of carbonyl (C=O) groups is 2. The summed E-state index contributed by atoms with van der Waals surface area (Å²) in [5.74, 6) is -0.477. The predicted octanol–water partition coefficient (Wildman–Crippen LogP) is 5.64. The summed E-state index contributed by atoms with van der Waals surface area (Å²) in [6, 6.07) is 18.8. The number of thiazole rings is 1. The van der Waals surface area contributed by atoms with Crippen LogP contribution in [0.3, 0.4) is 0 Å². The Balaban J connectivity index is 1.68. The predicted molar refractivity (Wildman–Crippen MR) is 140 cm³/mol. The molecule has 0 spiro atoms. The Morgan fingerprint density at radius 2 is 1.72 bits per heavy atom. The molecule has 0 radical (unpaired) electrons. The number of carbonyl (C=O) groups excluding carboxylic acids is 2. The first-order chi connectivity index (χ1) is 17.4. The fourth-order valence-corrected chi connectivity index (χ4v) is 5.38. The Labute approximate surface area is 212 Å². The van der Waals surface area contributed by atoms with Crippen molar-refractivity contribution in [3.8, 4) is 11.5 Å². The van der Waals surface area contributed by atoms with E-state index in [1.807, 2.05) is 32.0 Å². The molecular weight excluding hydrogens is 476 g/mol. The second-order valence-corrected chi connectivity index (χ2v) is 9.38. The van der Waals surface area contributed by atoms with Crippen LogP contribution in [-0.4, -0.2) is 35.5 Å². The first-order valence-corrected chi connectivity index (χ1v) is 12.3. The number of methoxy groups -OCH3 is 1. The van der Waals surface area contributed by atoms with Crippen molar-refractivity contribution in [3.05, 3.63) is 89.0 Å². The molecule has 0 saturated carbocycles. The standard InChI is InChI=1S/C28H24N2O5S/c1-4-35-20-12-6-17(7-13-20)24-23(25(31)18-8-10-19(34-3)11-9-18)26(32)27(33)30(24)28-29-21-14-5-16(2)15-22(21)36-28/h5-15,24,31H,4H2,1-3H3/b25-23+/t24-/m1/s1. The van der Waals surface area contributed by atoms with Crippen molar-refractivity contribution >= 4 is 44.1 Å². The largest absolute Gasteiger partial charge is 0.507 e. The van der Waals surface area contributed by atoms with E-state index in [2.05, 4.69) is 4.98 Å². The number of hydrogen-bond donors (Lipinski definition) is 1. The number of fused-ring (bicyclic) bond motifs is 1. The summed E-state index contributed by atoms with van der Waals surface area (Å²) in [4.78, 5) is 32.8. The highest BCUT2D eigenvalue weighted by Crippen LogP contribution is 2.44. The molecule has 1 saturated heterocycles. The van der Waals surface area contributed by atoms with Crippen LogP contribution in [0.4, 0.5) is 5.13 Å². The van der Waals surface area contributed by atoms with Crippen LogP contribution < -0.4 is 14.4 Å². The summed E-state index contributed by atoms with van der Waals surface area (Å²) in [5, 5.41) is 11.7. The molecule has 8 heteroatoms. The third-order valence-corrected chi connectivity index (χ3v) is 7.07. The van der Waals surface area contributed by atoms with Gasteiger partial charge >= 0.3 is 5.91 Å². The molecule has 0 aliphatic carbocycles. The number of anilines is 1. The van der Waals surface area contributed by atoms with Gasteiger partial charge in [0, 0.05) is 5.56 Å². The van der Waals surface area contributed by atoms with Crippen LogP contribution in [0, 0.1) is 6.92 Å². The summed E-state index contributed by atoms with van der Waals surface area (Å²) in [6.07, 6.45) is 0. The minimum Gasteiger partial charge on any atom is -0.507 e. The van der Waals surface area contributed by atoms with Gasteiger partial charge in [-0.3, -0.25) is 14.5 Å². The van der Waals surface area contributed by atoms with E-state index in [4.69, 9.17) is 9.47 Å². The van der Waals surface area contributed by atoms with Crippen molar-refractivity contribution in [2.24, 2.45) is 0 Å². The highest BCUT2D eigenvalue weighted by atomic mass is 32.1. The Hall–Kier alpha value is -4.17. The van der Waals surface area contributed by atoms with Crippen LogP contribution in [0.1, 0.15) is 29.7 Å². The monoisotopic (exact) mass is 500 g/mol. The molecule has 1 aromatic heterocycles. The number of benzene rings is 3. The van der Waals surface area contributed by atoms with E-state index in [9.17, 15) is 14.7 Å². The Morgan fingerprint density at radius 1 is 1.03 bits per heavy atom. The second kappa shape index (κ2) is 9.47. The van der Waals surface area contributed by atoms with E-state index in [0.29, 0.717) is 34.4 Å². The zero-order valence-corrected chi connectivity index (χ0v) is 20.8. The van der Waals surface area contributed by atoms with Gasteiger partial charge in [-0.25, -0.2) is 4.98 Å². The van der Waals surface area contributed by atoms with Crippen molar-refractivity contribution in [1.82, 2.24) is 4.98 Å². The van der Waals surface area contributed by atoms with E-state index in [-0.39, 0.29) is 11.3 Å². The molecule has 1 amide bonds. The number of aliphatic hydroxyl groups is 1. The van der Waals surface area contributed by atoms with E-state index in [1.165, 1.54) is 16.2 Å². The maximum Gasteiger partial charge on any atom is 0.301 e. The molecule has 1 atom stereocenters. The van der Waals surface area contributed by atoms with Gasteiger partial charge in [-0.1, -0.05) is 29.5 Å². The molecule has 7 nitrogen and oxygen atoms in total. The molecule has 1 aliphatic rings. The number of aliphatic hydroxyl groups excluding tert-OH is 1. The fraction of sp³-hybridized carbons (Fsp3) is 0.179. The fourth-order valence-electron chi connectivity index (χ4n) is 4.29. The van der Waals surface area contributed by atoms with E-state index >= 15 is 0 Å². The van der Waals surface area contributed by atoms with E-state index in [0.717, 1.165) is 15.8 Å². The van der Waals surface area contributed by atoms with Crippen LogP contribution in [0.5, 0.6) is 11.5 Å². The van der Waals surface area contributed by atoms with Gasteiger partial charge in [0.25, 0.3) is 5.78 Å². The summed E-state index contributed by atoms with van der Waals surface area (Å²) >= 11 is 1.33.